The SMILES string of the molecule is C=C(C#N)CC(=O)[O-]. The number of nitriles is 1. The maximum Gasteiger partial charge on any atom is 0.0944 e. The number of carbonyl (C=O) groups excluding carboxylic acids is 1. The average Bonchev–Trinajstić information content (AvgIpc) is 1.65. The molecule has 0 N–H and O–H groups in total. The van der Waals surface area contributed by atoms with Gasteiger partial charge in [-0.1, -0.05) is 6.58 Å². The molecule has 0 unspecified atom stereocenters. The van der Waals surface area contributed by atoms with Crippen molar-refractivity contribution in [2.24, 2.45) is 0 Å². The van der Waals surface area contributed by atoms with Crippen molar-refractivity contribution >= 4 is 5.97 Å². The lowest BCUT2D eigenvalue weighted by Crippen LogP contribution is -2.21. The molecule has 0 aromatic carbocycles. The molecule has 0 spiro atoms. The highest BCUT2D eigenvalue weighted by Crippen LogP contribution is 1.90. The Hall–Kier alpha value is -1.30. The summed E-state index contributed by atoms with van der Waals surface area (Å²) < 4.78 is 0. The molecule has 0 fully saturated rings. The number of carboxylic acids is 1. The second kappa shape index (κ2) is 2.80. The number of hydrogen-bond donors (Lipinski definition) is 0. The van der Waals surface area contributed by atoms with Crippen LogP contribution in [0, 0.1) is 11.3 Å². The van der Waals surface area contributed by atoms with E-state index in [1.165, 1.54) is 0 Å². The van der Waals surface area contributed by atoms with Crippen molar-refractivity contribution in [3.8, 4) is 6.07 Å². The Morgan fingerprint density at radius 2 is 2.38 bits per heavy atom. The molecule has 0 aliphatic heterocycles. The highest BCUT2D eigenvalue weighted by Gasteiger charge is 1.88. The summed E-state index contributed by atoms with van der Waals surface area (Å²) in [5.74, 6) is -1.27. The summed E-state index contributed by atoms with van der Waals surface area (Å²) in [6, 6.07) is 1.58. The van der Waals surface area contributed by atoms with Gasteiger partial charge in [0, 0.05) is 18.0 Å². The smallest absolute Gasteiger partial charge is 0.0944 e. The zero-order valence-corrected chi connectivity index (χ0v) is 4.18. The number of carboxylic acid groups (broad SMARTS) is 1. The average molecular weight is 110 g/mol. The maximum absolute atomic E-state index is 9.65. The van der Waals surface area contributed by atoms with E-state index >= 15 is 0 Å². The third-order valence-electron chi connectivity index (χ3n) is 0.516. The van der Waals surface area contributed by atoms with Crippen molar-refractivity contribution in [2.45, 2.75) is 6.42 Å². The van der Waals surface area contributed by atoms with Crippen LogP contribution in [-0.4, -0.2) is 5.97 Å². The van der Waals surface area contributed by atoms with E-state index in [1.54, 1.807) is 6.07 Å². The Balaban J connectivity index is 3.61. The van der Waals surface area contributed by atoms with Crippen LogP contribution in [0.2, 0.25) is 0 Å². The van der Waals surface area contributed by atoms with Gasteiger partial charge in [0.15, 0.2) is 0 Å². The van der Waals surface area contributed by atoms with E-state index in [0.29, 0.717) is 0 Å². The first-order valence-corrected chi connectivity index (χ1v) is 1.94. The summed E-state index contributed by atoms with van der Waals surface area (Å²) in [7, 11) is 0. The Morgan fingerprint density at radius 3 is 2.50 bits per heavy atom. The van der Waals surface area contributed by atoms with Crippen molar-refractivity contribution in [1.82, 2.24) is 0 Å². The van der Waals surface area contributed by atoms with Crippen molar-refractivity contribution < 1.29 is 9.90 Å². The van der Waals surface area contributed by atoms with Gasteiger partial charge in [-0.05, 0) is 0 Å². The minimum absolute atomic E-state index is 0.0185. The van der Waals surface area contributed by atoms with Gasteiger partial charge in [0.05, 0.1) is 6.07 Å². The summed E-state index contributed by atoms with van der Waals surface area (Å²) >= 11 is 0. The predicted molar refractivity (Wildman–Crippen MR) is 24.4 cm³/mol. The molecule has 0 atom stereocenters. The second-order valence-corrected chi connectivity index (χ2v) is 1.26. The fourth-order valence-electron chi connectivity index (χ4n) is 0.214. The topological polar surface area (TPSA) is 63.9 Å². The molecular weight excluding hydrogens is 106 g/mol. The van der Waals surface area contributed by atoms with Crippen molar-refractivity contribution in [3.63, 3.8) is 0 Å². The van der Waals surface area contributed by atoms with Gasteiger partial charge in [0.1, 0.15) is 0 Å². The first kappa shape index (κ1) is 6.70. The molecule has 0 aliphatic rings. The first-order chi connectivity index (χ1) is 3.66. The van der Waals surface area contributed by atoms with E-state index in [2.05, 4.69) is 6.58 Å². The number of rotatable bonds is 2. The summed E-state index contributed by atoms with van der Waals surface area (Å²) in [6.07, 6.45) is -0.365. The first-order valence-electron chi connectivity index (χ1n) is 1.94. The quantitative estimate of drug-likeness (QED) is 0.437. The Morgan fingerprint density at radius 1 is 1.88 bits per heavy atom. The van der Waals surface area contributed by atoms with E-state index in [0.717, 1.165) is 0 Å². The molecular formula is C5H4NO2-. The van der Waals surface area contributed by atoms with Crippen LogP contribution >= 0.6 is 0 Å². The van der Waals surface area contributed by atoms with E-state index in [4.69, 9.17) is 5.26 Å². The monoisotopic (exact) mass is 110 g/mol. The molecule has 0 saturated heterocycles. The van der Waals surface area contributed by atoms with Gasteiger partial charge < -0.3 is 9.90 Å². The molecule has 0 radical (unpaired) electrons. The molecule has 0 amide bonds. The van der Waals surface area contributed by atoms with E-state index in [9.17, 15) is 9.90 Å². The second-order valence-electron chi connectivity index (χ2n) is 1.26. The van der Waals surface area contributed by atoms with E-state index in [-0.39, 0.29) is 12.0 Å². The van der Waals surface area contributed by atoms with Gasteiger partial charge in [-0.3, -0.25) is 0 Å². The molecule has 8 heavy (non-hydrogen) atoms. The highest BCUT2D eigenvalue weighted by atomic mass is 16.4. The van der Waals surface area contributed by atoms with Gasteiger partial charge >= 0.3 is 0 Å². The van der Waals surface area contributed by atoms with Crippen LogP contribution < -0.4 is 5.11 Å². The number of aliphatic carboxylic acids is 1. The Bertz CT molecular complexity index is 154. The molecule has 0 aromatic rings. The molecule has 0 heterocycles. The lowest BCUT2D eigenvalue weighted by Gasteiger charge is -1.94. The van der Waals surface area contributed by atoms with Crippen LogP contribution in [0.3, 0.4) is 0 Å². The van der Waals surface area contributed by atoms with Gasteiger partial charge in [-0.2, -0.15) is 5.26 Å². The molecule has 0 saturated carbocycles. The molecule has 3 heteroatoms. The fraction of sp³-hybridized carbons (Fsp3) is 0.200. The number of carbonyl (C=O) groups is 1. The minimum atomic E-state index is -1.27. The van der Waals surface area contributed by atoms with Crippen LogP contribution in [-0.2, 0) is 4.79 Å². The zero-order valence-electron chi connectivity index (χ0n) is 4.18. The lowest BCUT2D eigenvalue weighted by atomic mass is 10.2. The zero-order chi connectivity index (χ0) is 6.57. The minimum Gasteiger partial charge on any atom is -0.550 e. The predicted octanol–water partition coefficient (Wildman–Crippen LogP) is -0.794. The molecule has 0 aromatic heterocycles. The Labute approximate surface area is 46.9 Å². The van der Waals surface area contributed by atoms with Gasteiger partial charge in [0.2, 0.25) is 0 Å². The van der Waals surface area contributed by atoms with Crippen LogP contribution in [0.1, 0.15) is 6.42 Å². The maximum atomic E-state index is 9.65. The van der Waals surface area contributed by atoms with E-state index < -0.39 is 5.97 Å². The third kappa shape index (κ3) is 2.91. The molecule has 0 rings (SSSR count). The van der Waals surface area contributed by atoms with Crippen LogP contribution in [0.4, 0.5) is 0 Å². The summed E-state index contributed by atoms with van der Waals surface area (Å²) in [4.78, 5) is 9.65. The van der Waals surface area contributed by atoms with Crippen molar-refractivity contribution in [1.29, 1.82) is 5.26 Å². The lowest BCUT2D eigenvalue weighted by molar-refractivity contribution is -0.304. The Kier molecular flexibility index (Phi) is 2.35. The van der Waals surface area contributed by atoms with Crippen LogP contribution in [0.15, 0.2) is 12.2 Å². The third-order valence-corrected chi connectivity index (χ3v) is 0.516. The number of hydrogen-bond acceptors (Lipinski definition) is 3. The van der Waals surface area contributed by atoms with Crippen molar-refractivity contribution in [2.75, 3.05) is 0 Å². The molecule has 0 aliphatic carbocycles. The standard InChI is InChI=1S/C5H5NO2/c1-4(3-6)2-5(7)8/h1-2H2,(H,7,8)/p-1. The summed E-state index contributed by atoms with van der Waals surface area (Å²) in [5, 5.41) is 17.6. The summed E-state index contributed by atoms with van der Waals surface area (Å²) in [6.45, 7) is 3.13. The molecule has 3 nitrogen and oxygen atoms in total. The van der Waals surface area contributed by atoms with Crippen molar-refractivity contribution in [3.05, 3.63) is 12.2 Å². The highest BCUT2D eigenvalue weighted by molar-refractivity contribution is 5.68. The van der Waals surface area contributed by atoms with Gasteiger partial charge in [-0.25, -0.2) is 0 Å². The van der Waals surface area contributed by atoms with Gasteiger partial charge in [-0.15, -0.1) is 0 Å². The fourth-order valence-corrected chi connectivity index (χ4v) is 0.214. The van der Waals surface area contributed by atoms with Gasteiger partial charge in [0.25, 0.3) is 0 Å². The number of nitrogens with zero attached hydrogens (tertiary/aromatic N) is 1. The summed E-state index contributed by atoms with van der Waals surface area (Å²) in [5.41, 5.74) is 0.0185. The normalized spacial score (nSPS) is 7.38. The van der Waals surface area contributed by atoms with Crippen LogP contribution in [0.25, 0.3) is 0 Å². The molecule has 42 valence electrons. The molecule has 0 bridgehead atoms. The van der Waals surface area contributed by atoms with E-state index in [1.807, 2.05) is 0 Å². The van der Waals surface area contributed by atoms with Crippen LogP contribution in [0.5, 0.6) is 0 Å². The largest absolute Gasteiger partial charge is 0.550 e.